The van der Waals surface area contributed by atoms with Gasteiger partial charge in [0.2, 0.25) is 0 Å². The molecule has 120 valence electrons. The van der Waals surface area contributed by atoms with Gasteiger partial charge in [-0.25, -0.2) is 3.97 Å². The zero-order chi connectivity index (χ0) is 16.2. The fraction of sp³-hybridized carbons (Fsp3) is 0.200. The van der Waals surface area contributed by atoms with E-state index in [2.05, 4.69) is 5.32 Å². The molecule has 4 rings (SSSR count). The van der Waals surface area contributed by atoms with Gasteiger partial charge in [0.05, 0.1) is 10.5 Å². The van der Waals surface area contributed by atoms with Gasteiger partial charge < -0.3 is 5.32 Å². The molecule has 1 aromatic carbocycles. The maximum absolute atomic E-state index is 13.0. The summed E-state index contributed by atoms with van der Waals surface area (Å²) in [5.41, 5.74) is 2.85. The van der Waals surface area contributed by atoms with E-state index in [4.69, 9.17) is 23.2 Å². The normalized spacial score (nSPS) is 15.0. The maximum atomic E-state index is 13.0. The van der Waals surface area contributed by atoms with Crippen LogP contribution in [0.15, 0.2) is 34.7 Å². The highest BCUT2D eigenvalue weighted by molar-refractivity contribution is 7.92. The van der Waals surface area contributed by atoms with Crippen molar-refractivity contribution in [2.75, 3.05) is 6.54 Å². The quantitative estimate of drug-likeness (QED) is 0.726. The Hall–Kier alpha value is -1.05. The first-order valence-electron chi connectivity index (χ1n) is 7.01. The first-order chi connectivity index (χ1) is 11.0. The molecule has 1 aliphatic heterocycles. The summed E-state index contributed by atoms with van der Waals surface area (Å²) in [6.45, 7) is 1.57. The average Bonchev–Trinajstić information content (AvgIpc) is 2.98. The summed E-state index contributed by atoms with van der Waals surface area (Å²) in [5.74, 6) is 0. The van der Waals surface area contributed by atoms with Gasteiger partial charge in [0, 0.05) is 18.1 Å². The molecule has 1 N–H and O–H groups in total. The van der Waals surface area contributed by atoms with Crippen LogP contribution in [0.5, 0.6) is 0 Å². The van der Waals surface area contributed by atoms with Crippen molar-refractivity contribution in [3.05, 3.63) is 50.9 Å². The van der Waals surface area contributed by atoms with Crippen LogP contribution in [0, 0.1) is 0 Å². The van der Waals surface area contributed by atoms with Crippen molar-refractivity contribution < 1.29 is 8.42 Å². The summed E-state index contributed by atoms with van der Waals surface area (Å²) in [7, 11) is -3.71. The third kappa shape index (κ3) is 2.40. The molecule has 0 amide bonds. The molecule has 0 radical (unpaired) electrons. The number of aromatic nitrogens is 1. The summed E-state index contributed by atoms with van der Waals surface area (Å²) < 4.78 is 27.8. The average molecular weight is 387 g/mol. The molecule has 8 heteroatoms. The highest BCUT2D eigenvalue weighted by atomic mass is 35.5. The number of halogens is 2. The van der Waals surface area contributed by atoms with E-state index in [9.17, 15) is 8.42 Å². The van der Waals surface area contributed by atoms with Crippen LogP contribution in [-0.2, 0) is 23.0 Å². The molecule has 0 fully saturated rings. The Balaban J connectivity index is 1.99. The monoisotopic (exact) mass is 386 g/mol. The minimum absolute atomic E-state index is 0.150. The Morgan fingerprint density at radius 1 is 1.22 bits per heavy atom. The summed E-state index contributed by atoms with van der Waals surface area (Å²) in [4.78, 5) is 0. The molecular weight excluding hydrogens is 375 g/mol. The Morgan fingerprint density at radius 2 is 2.04 bits per heavy atom. The molecule has 3 aromatic rings. The molecule has 2 aromatic heterocycles. The van der Waals surface area contributed by atoms with Crippen LogP contribution >= 0.6 is 34.5 Å². The molecule has 0 aliphatic carbocycles. The Bertz CT molecular complexity index is 1000. The highest BCUT2D eigenvalue weighted by Gasteiger charge is 2.25. The van der Waals surface area contributed by atoms with E-state index in [0.717, 1.165) is 47.4 Å². The molecule has 1 aliphatic rings. The van der Waals surface area contributed by atoms with Crippen LogP contribution < -0.4 is 5.32 Å². The topological polar surface area (TPSA) is 51.1 Å². The van der Waals surface area contributed by atoms with E-state index < -0.39 is 10.0 Å². The smallest absolute Gasteiger partial charge is 0.277 e. The van der Waals surface area contributed by atoms with E-state index in [-0.39, 0.29) is 13.6 Å². The van der Waals surface area contributed by atoms with Crippen LogP contribution in [0.4, 0.5) is 0 Å². The number of rotatable bonds is 2. The minimum Gasteiger partial charge on any atom is -0.312 e. The van der Waals surface area contributed by atoms with Gasteiger partial charge in [-0.3, -0.25) is 0 Å². The van der Waals surface area contributed by atoms with Crippen molar-refractivity contribution in [2.24, 2.45) is 0 Å². The van der Waals surface area contributed by atoms with E-state index in [1.165, 1.54) is 10.0 Å². The van der Waals surface area contributed by atoms with Crippen LogP contribution in [0.1, 0.15) is 11.1 Å². The summed E-state index contributed by atoms with van der Waals surface area (Å²) in [6.07, 6.45) is 2.51. The Kier molecular flexibility index (Phi) is 3.70. The predicted octanol–water partition coefficient (Wildman–Crippen LogP) is 3.89. The van der Waals surface area contributed by atoms with E-state index in [0.29, 0.717) is 5.52 Å². The number of hydrogen-bond acceptors (Lipinski definition) is 4. The highest BCUT2D eigenvalue weighted by Crippen LogP contribution is 2.37. The first kappa shape index (κ1) is 15.5. The molecular formula is C15H12Cl2N2O2S2. The van der Waals surface area contributed by atoms with Crippen LogP contribution in [-0.4, -0.2) is 18.9 Å². The van der Waals surface area contributed by atoms with Crippen molar-refractivity contribution in [3.63, 3.8) is 0 Å². The van der Waals surface area contributed by atoms with Gasteiger partial charge in [-0.2, -0.15) is 8.42 Å². The van der Waals surface area contributed by atoms with Gasteiger partial charge in [0.1, 0.15) is 8.55 Å². The molecule has 0 saturated carbocycles. The Morgan fingerprint density at radius 3 is 2.78 bits per heavy atom. The van der Waals surface area contributed by atoms with Crippen molar-refractivity contribution >= 4 is 55.5 Å². The lowest BCUT2D eigenvalue weighted by Crippen LogP contribution is -2.15. The second-order valence-electron chi connectivity index (χ2n) is 5.38. The van der Waals surface area contributed by atoms with Crippen LogP contribution in [0.3, 0.4) is 0 Å². The number of nitrogens with one attached hydrogen (secondary N) is 1. The lowest BCUT2D eigenvalue weighted by molar-refractivity contribution is 0.591. The van der Waals surface area contributed by atoms with Crippen molar-refractivity contribution in [1.29, 1.82) is 0 Å². The van der Waals surface area contributed by atoms with E-state index in [1.54, 1.807) is 6.20 Å². The summed E-state index contributed by atoms with van der Waals surface area (Å²) >= 11 is 12.8. The van der Waals surface area contributed by atoms with Gasteiger partial charge in [-0.1, -0.05) is 35.3 Å². The molecule has 4 nitrogen and oxygen atoms in total. The van der Waals surface area contributed by atoms with Gasteiger partial charge in [-0.15, -0.1) is 11.3 Å². The van der Waals surface area contributed by atoms with Gasteiger partial charge >= 0.3 is 0 Å². The fourth-order valence-electron chi connectivity index (χ4n) is 2.95. The summed E-state index contributed by atoms with van der Waals surface area (Å²) in [6, 6.07) is 7.16. The molecule has 23 heavy (non-hydrogen) atoms. The molecule has 0 spiro atoms. The molecule has 0 atom stereocenters. The van der Waals surface area contributed by atoms with Crippen LogP contribution in [0.2, 0.25) is 9.36 Å². The number of thiophene rings is 1. The lowest BCUT2D eigenvalue weighted by Gasteiger charge is -2.07. The zero-order valence-corrected chi connectivity index (χ0v) is 15.0. The number of hydrogen-bond donors (Lipinski definition) is 1. The third-order valence-corrected chi connectivity index (χ3v) is 7.97. The van der Waals surface area contributed by atoms with Gasteiger partial charge in [0.25, 0.3) is 10.0 Å². The predicted molar refractivity (Wildman–Crippen MR) is 94.3 cm³/mol. The van der Waals surface area contributed by atoms with Crippen LogP contribution in [0.25, 0.3) is 10.9 Å². The first-order valence-corrected chi connectivity index (χ1v) is 10.0. The van der Waals surface area contributed by atoms with Gasteiger partial charge in [-0.05, 0) is 36.2 Å². The maximum Gasteiger partial charge on any atom is 0.277 e. The van der Waals surface area contributed by atoms with Gasteiger partial charge in [0.15, 0.2) is 0 Å². The zero-order valence-electron chi connectivity index (χ0n) is 11.8. The molecule has 3 heterocycles. The minimum atomic E-state index is -3.71. The van der Waals surface area contributed by atoms with E-state index >= 15 is 0 Å². The standard InChI is InChI=1S/C15H12Cl2N2O2S2/c16-11-6-13(22-15(11)17)23(20,21)19-8-10-4-5-18-7-9-2-1-3-12(19)14(9)10/h1-3,6,8,18H,4-5,7H2. The second-order valence-corrected chi connectivity index (χ2v) is 9.48. The molecule has 0 unspecified atom stereocenters. The SMILES string of the molecule is O=S(=O)(c1cc(Cl)c(Cl)s1)n1cc2c3c(cccc31)CNCC2. The Labute approximate surface area is 147 Å². The van der Waals surface area contributed by atoms with Crippen molar-refractivity contribution in [2.45, 2.75) is 17.2 Å². The second kappa shape index (κ2) is 5.50. The van der Waals surface area contributed by atoms with Crippen molar-refractivity contribution in [1.82, 2.24) is 9.29 Å². The number of nitrogens with zero attached hydrogens (tertiary/aromatic N) is 1. The third-order valence-electron chi connectivity index (χ3n) is 3.98. The van der Waals surface area contributed by atoms with E-state index in [1.807, 2.05) is 18.2 Å². The fourth-order valence-corrected chi connectivity index (χ4v) is 6.30. The molecule has 0 saturated heterocycles. The lowest BCUT2D eigenvalue weighted by atomic mass is 10.1. The summed E-state index contributed by atoms with van der Waals surface area (Å²) in [5, 5.41) is 4.63. The molecule has 0 bridgehead atoms. The largest absolute Gasteiger partial charge is 0.312 e. The number of benzene rings is 1. The van der Waals surface area contributed by atoms with Crippen molar-refractivity contribution in [3.8, 4) is 0 Å².